The second-order valence-corrected chi connectivity index (χ2v) is 7.78. The average molecular weight is 446 g/mol. The molecule has 5 atom stereocenters. The molecule has 0 amide bonds. The summed E-state index contributed by atoms with van der Waals surface area (Å²) in [5.41, 5.74) is -0.625. The minimum atomic E-state index is -1.62. The van der Waals surface area contributed by atoms with Gasteiger partial charge in [0.1, 0.15) is 46.5 Å². The molecule has 0 bridgehead atoms. The maximum atomic E-state index is 13.3. The summed E-state index contributed by atoms with van der Waals surface area (Å²) >= 11 is 0. The first-order valence-corrected chi connectivity index (χ1v) is 9.85. The van der Waals surface area contributed by atoms with E-state index in [1.165, 1.54) is 24.3 Å². The molecule has 0 aliphatic heterocycles. The van der Waals surface area contributed by atoms with Crippen LogP contribution in [0.25, 0.3) is 22.3 Å². The molecule has 1 aliphatic rings. The fourth-order valence-corrected chi connectivity index (χ4v) is 3.91. The van der Waals surface area contributed by atoms with E-state index >= 15 is 0 Å². The van der Waals surface area contributed by atoms with E-state index in [1.807, 2.05) is 0 Å². The van der Waals surface area contributed by atoms with Crippen LogP contribution in [0.1, 0.15) is 6.42 Å². The van der Waals surface area contributed by atoms with Crippen LogP contribution in [0.2, 0.25) is 0 Å². The highest BCUT2D eigenvalue weighted by Crippen LogP contribution is 2.38. The van der Waals surface area contributed by atoms with Crippen LogP contribution in [0.5, 0.6) is 23.0 Å². The first-order valence-electron chi connectivity index (χ1n) is 9.85. The number of fused-ring (bicyclic) bond motifs is 1. The van der Waals surface area contributed by atoms with Crippen molar-refractivity contribution in [1.82, 2.24) is 0 Å². The fourth-order valence-electron chi connectivity index (χ4n) is 3.91. The molecular formula is C22H22O10. The van der Waals surface area contributed by atoms with E-state index in [0.717, 1.165) is 12.1 Å². The molecule has 1 fully saturated rings. The predicted molar refractivity (Wildman–Crippen MR) is 111 cm³/mol. The van der Waals surface area contributed by atoms with Gasteiger partial charge in [0, 0.05) is 30.2 Å². The zero-order valence-electron chi connectivity index (χ0n) is 16.6. The second-order valence-electron chi connectivity index (χ2n) is 7.78. The Balaban J connectivity index is 1.89. The van der Waals surface area contributed by atoms with Gasteiger partial charge in [-0.2, -0.15) is 0 Å². The Morgan fingerprint density at radius 3 is 2.28 bits per heavy atom. The fraction of sp³-hybridized carbons (Fsp3) is 0.318. The molecule has 3 aromatic rings. The van der Waals surface area contributed by atoms with E-state index in [1.54, 1.807) is 0 Å². The highest BCUT2D eigenvalue weighted by Gasteiger charge is 2.44. The molecule has 10 heteroatoms. The first kappa shape index (κ1) is 21.9. The van der Waals surface area contributed by atoms with Crippen LogP contribution in [0.15, 0.2) is 45.6 Å². The summed E-state index contributed by atoms with van der Waals surface area (Å²) in [6.45, 7) is -0.484. The molecule has 170 valence electrons. The van der Waals surface area contributed by atoms with Gasteiger partial charge in [-0.3, -0.25) is 4.79 Å². The maximum absolute atomic E-state index is 13.3. The largest absolute Gasteiger partial charge is 0.508 e. The van der Waals surface area contributed by atoms with Gasteiger partial charge in [-0.05, 0) is 30.7 Å². The number of hydrogen-bond donors (Lipinski definition) is 7. The molecule has 0 radical (unpaired) electrons. The van der Waals surface area contributed by atoms with Crippen LogP contribution >= 0.6 is 0 Å². The number of rotatable bonds is 4. The summed E-state index contributed by atoms with van der Waals surface area (Å²) in [7, 11) is 0. The van der Waals surface area contributed by atoms with Gasteiger partial charge >= 0.3 is 0 Å². The maximum Gasteiger partial charge on any atom is 0.239 e. The third-order valence-electron chi connectivity index (χ3n) is 5.65. The normalized spacial score (nSPS) is 25.7. The predicted octanol–water partition coefficient (Wildman–Crippen LogP) is 0.419. The van der Waals surface area contributed by atoms with Crippen molar-refractivity contribution in [3.63, 3.8) is 0 Å². The second kappa shape index (κ2) is 8.32. The lowest BCUT2D eigenvalue weighted by Gasteiger charge is -2.39. The van der Waals surface area contributed by atoms with E-state index in [0.29, 0.717) is 5.56 Å². The van der Waals surface area contributed by atoms with Crippen LogP contribution in [-0.4, -0.2) is 66.8 Å². The van der Waals surface area contributed by atoms with Crippen molar-refractivity contribution in [3.8, 4) is 34.3 Å². The SMILES string of the molecule is O=c1c(O[C@@H]2C[C@H](CO)[C@@H](O)C(O)C2O)c(-c2ccc(O)cc2)oc2cc(O)cc(O)c12. The average Bonchev–Trinajstić information content (AvgIpc) is 2.75. The number of ether oxygens (including phenoxy) is 1. The van der Waals surface area contributed by atoms with E-state index in [2.05, 4.69) is 0 Å². The number of benzene rings is 2. The highest BCUT2D eigenvalue weighted by molar-refractivity contribution is 5.88. The molecule has 0 saturated heterocycles. The number of hydrogen-bond acceptors (Lipinski definition) is 10. The highest BCUT2D eigenvalue weighted by atomic mass is 16.5. The molecule has 1 aromatic heterocycles. The Kier molecular flexibility index (Phi) is 5.70. The molecule has 2 aromatic carbocycles. The molecule has 32 heavy (non-hydrogen) atoms. The standard InChI is InChI=1S/C22H22O10/c23-8-10-5-15(18(28)20(30)17(10)27)32-22-19(29)16-13(26)6-12(25)7-14(16)31-21(22)9-1-3-11(24)4-2-9/h1-4,6-7,10,15,17-18,20,23-28,30H,5,8H2/t10-,15-,17-,18?,20?/m1/s1. The van der Waals surface area contributed by atoms with Crippen molar-refractivity contribution < 1.29 is 44.9 Å². The van der Waals surface area contributed by atoms with Gasteiger partial charge in [0.15, 0.2) is 5.76 Å². The van der Waals surface area contributed by atoms with Gasteiger partial charge in [0.25, 0.3) is 0 Å². The smallest absolute Gasteiger partial charge is 0.239 e. The zero-order chi connectivity index (χ0) is 23.2. The van der Waals surface area contributed by atoms with E-state index in [4.69, 9.17) is 9.15 Å². The molecule has 7 N–H and O–H groups in total. The third-order valence-corrected chi connectivity index (χ3v) is 5.65. The summed E-state index contributed by atoms with van der Waals surface area (Å²) in [6.07, 6.45) is -5.86. The molecular weight excluding hydrogens is 424 g/mol. The summed E-state index contributed by atoms with van der Waals surface area (Å²) in [4.78, 5) is 13.3. The molecule has 2 unspecified atom stereocenters. The van der Waals surface area contributed by atoms with Crippen LogP contribution in [0, 0.1) is 5.92 Å². The first-order chi connectivity index (χ1) is 15.2. The molecule has 10 nitrogen and oxygen atoms in total. The van der Waals surface area contributed by atoms with Crippen molar-refractivity contribution >= 4 is 11.0 Å². The number of aliphatic hydroxyl groups is 4. The molecule has 1 heterocycles. The number of aromatic hydroxyl groups is 3. The van der Waals surface area contributed by atoms with Crippen molar-refractivity contribution in [2.45, 2.75) is 30.8 Å². The van der Waals surface area contributed by atoms with Crippen molar-refractivity contribution in [2.24, 2.45) is 5.92 Å². The van der Waals surface area contributed by atoms with Crippen molar-refractivity contribution in [1.29, 1.82) is 0 Å². The van der Waals surface area contributed by atoms with Crippen LogP contribution in [0.3, 0.4) is 0 Å². The van der Waals surface area contributed by atoms with Gasteiger partial charge in [0.2, 0.25) is 11.2 Å². The lowest BCUT2D eigenvalue weighted by atomic mass is 9.81. The van der Waals surface area contributed by atoms with Crippen LogP contribution < -0.4 is 10.2 Å². The molecule has 1 saturated carbocycles. The summed E-state index contributed by atoms with van der Waals surface area (Å²) < 4.78 is 11.6. The minimum Gasteiger partial charge on any atom is -0.508 e. The van der Waals surface area contributed by atoms with Gasteiger partial charge in [-0.15, -0.1) is 0 Å². The summed E-state index contributed by atoms with van der Waals surface area (Å²) in [6, 6.07) is 7.69. The van der Waals surface area contributed by atoms with Crippen LogP contribution in [-0.2, 0) is 0 Å². The third kappa shape index (κ3) is 3.73. The quantitative estimate of drug-likeness (QED) is 0.297. The van der Waals surface area contributed by atoms with E-state index in [9.17, 15) is 40.5 Å². The van der Waals surface area contributed by atoms with Crippen LogP contribution in [0.4, 0.5) is 0 Å². The van der Waals surface area contributed by atoms with Gasteiger partial charge in [-0.25, -0.2) is 0 Å². The summed E-state index contributed by atoms with van der Waals surface area (Å²) in [5, 5.41) is 69.4. The number of phenolic OH excluding ortho intramolecular Hbond substituents is 3. The molecule has 4 rings (SSSR count). The Morgan fingerprint density at radius 2 is 1.62 bits per heavy atom. The minimum absolute atomic E-state index is 0.0414. The van der Waals surface area contributed by atoms with Crippen molar-refractivity contribution in [2.75, 3.05) is 6.61 Å². The lowest BCUT2D eigenvalue weighted by molar-refractivity contribution is -0.157. The molecule has 0 spiro atoms. The van der Waals surface area contributed by atoms with Gasteiger partial charge in [0.05, 0.1) is 6.10 Å². The van der Waals surface area contributed by atoms with E-state index in [-0.39, 0.29) is 34.6 Å². The monoisotopic (exact) mass is 446 g/mol. The van der Waals surface area contributed by atoms with Crippen molar-refractivity contribution in [3.05, 3.63) is 46.6 Å². The summed E-state index contributed by atoms with van der Waals surface area (Å²) in [5.74, 6) is -2.25. The van der Waals surface area contributed by atoms with Gasteiger partial charge in [-0.1, -0.05) is 0 Å². The van der Waals surface area contributed by atoms with E-state index < -0.39 is 53.9 Å². The van der Waals surface area contributed by atoms with Gasteiger partial charge < -0.3 is 44.9 Å². The Labute approximate surface area is 180 Å². The Hall–Kier alpha value is -3.31. The number of aliphatic hydroxyl groups excluding tert-OH is 4. The lowest BCUT2D eigenvalue weighted by Crippen LogP contribution is -2.56. The zero-order valence-corrected chi connectivity index (χ0v) is 16.6. The Bertz CT molecular complexity index is 1180. The topological polar surface area (TPSA) is 181 Å². The molecule has 1 aliphatic carbocycles. The Morgan fingerprint density at radius 1 is 0.938 bits per heavy atom. The number of phenols is 3.